The molecule has 0 radical (unpaired) electrons. The summed E-state index contributed by atoms with van der Waals surface area (Å²) in [7, 11) is 0. The zero-order valence-electron chi connectivity index (χ0n) is 10.7. The first-order chi connectivity index (χ1) is 8.74. The van der Waals surface area contributed by atoms with Gasteiger partial charge in [0.05, 0.1) is 12.2 Å². The summed E-state index contributed by atoms with van der Waals surface area (Å²) in [6, 6.07) is 6.67. The molecule has 0 fully saturated rings. The highest BCUT2D eigenvalue weighted by Gasteiger charge is 2.14. The molecule has 96 valence electrons. The Labute approximate surface area is 107 Å². The number of hydrogen-bond donors (Lipinski definition) is 1. The van der Waals surface area contributed by atoms with Gasteiger partial charge in [-0.2, -0.15) is 5.10 Å². The maximum atomic E-state index is 13.0. The maximum Gasteiger partial charge on any atom is 0.123 e. The Morgan fingerprint density at radius 2 is 1.94 bits per heavy atom. The van der Waals surface area contributed by atoms with Gasteiger partial charge in [-0.1, -0.05) is 19.1 Å². The van der Waals surface area contributed by atoms with Crippen molar-refractivity contribution >= 4 is 0 Å². The van der Waals surface area contributed by atoms with Crippen molar-refractivity contribution in [3.8, 4) is 0 Å². The molecule has 1 aromatic carbocycles. The van der Waals surface area contributed by atoms with Crippen molar-refractivity contribution < 1.29 is 4.39 Å². The Hall–Kier alpha value is -1.68. The lowest BCUT2D eigenvalue weighted by molar-refractivity contribution is 0.612. The number of nitrogens with one attached hydrogen (secondary N) is 1. The third kappa shape index (κ3) is 2.76. The van der Waals surface area contributed by atoms with E-state index in [0.29, 0.717) is 0 Å². The fraction of sp³-hybridized carbons (Fsp3) is 0.357. The Kier molecular flexibility index (Phi) is 4.10. The molecule has 2 rings (SSSR count). The highest BCUT2D eigenvalue weighted by molar-refractivity contribution is 5.29. The molecule has 0 saturated heterocycles. The minimum absolute atomic E-state index is 0.0656. The summed E-state index contributed by atoms with van der Waals surface area (Å²) in [4.78, 5) is 0. The topological polar surface area (TPSA) is 29.9 Å². The molecular weight excluding hydrogens is 229 g/mol. The van der Waals surface area contributed by atoms with Gasteiger partial charge in [0.1, 0.15) is 5.82 Å². The summed E-state index contributed by atoms with van der Waals surface area (Å²) in [6.45, 7) is 5.80. The second-order valence-corrected chi connectivity index (χ2v) is 4.17. The smallest absolute Gasteiger partial charge is 0.123 e. The van der Waals surface area contributed by atoms with Crippen LogP contribution in [0.2, 0.25) is 0 Å². The van der Waals surface area contributed by atoms with E-state index in [1.165, 1.54) is 12.1 Å². The molecule has 0 amide bonds. The second kappa shape index (κ2) is 5.78. The molecule has 4 heteroatoms. The van der Waals surface area contributed by atoms with E-state index in [2.05, 4.69) is 24.3 Å². The highest BCUT2D eigenvalue weighted by Crippen LogP contribution is 2.21. The van der Waals surface area contributed by atoms with E-state index in [0.717, 1.165) is 24.2 Å². The zero-order chi connectivity index (χ0) is 13.0. The van der Waals surface area contributed by atoms with Crippen LogP contribution in [0, 0.1) is 5.82 Å². The van der Waals surface area contributed by atoms with Gasteiger partial charge < -0.3 is 5.32 Å². The highest BCUT2D eigenvalue weighted by atomic mass is 19.1. The lowest BCUT2D eigenvalue weighted by Crippen LogP contribution is -2.21. The van der Waals surface area contributed by atoms with E-state index >= 15 is 0 Å². The minimum atomic E-state index is -0.210. The number of aryl methyl sites for hydroxylation is 1. The molecule has 0 bridgehead atoms. The summed E-state index contributed by atoms with van der Waals surface area (Å²) >= 11 is 0. The van der Waals surface area contributed by atoms with Crippen molar-refractivity contribution in [1.29, 1.82) is 0 Å². The van der Waals surface area contributed by atoms with Crippen LogP contribution in [0.15, 0.2) is 36.7 Å². The molecule has 1 N–H and O–H groups in total. The van der Waals surface area contributed by atoms with Gasteiger partial charge in [-0.15, -0.1) is 0 Å². The molecular formula is C14H18FN3. The quantitative estimate of drug-likeness (QED) is 0.880. The molecule has 0 saturated carbocycles. The van der Waals surface area contributed by atoms with Crippen LogP contribution in [0.25, 0.3) is 0 Å². The second-order valence-electron chi connectivity index (χ2n) is 4.17. The molecule has 1 aromatic heterocycles. The maximum absolute atomic E-state index is 13.0. The van der Waals surface area contributed by atoms with Crippen LogP contribution in [0.1, 0.15) is 31.0 Å². The predicted octanol–water partition coefficient (Wildman–Crippen LogP) is 2.74. The lowest BCUT2D eigenvalue weighted by atomic mass is 10.0. The average molecular weight is 247 g/mol. The van der Waals surface area contributed by atoms with Crippen molar-refractivity contribution in [1.82, 2.24) is 15.1 Å². The SMILES string of the molecule is CCNC(c1ccc(F)cc1)c1cnn(CC)c1. The normalized spacial score (nSPS) is 12.6. The van der Waals surface area contributed by atoms with Crippen molar-refractivity contribution in [2.45, 2.75) is 26.4 Å². The van der Waals surface area contributed by atoms with Gasteiger partial charge in [0.25, 0.3) is 0 Å². The summed E-state index contributed by atoms with van der Waals surface area (Å²) in [5.41, 5.74) is 2.15. The fourth-order valence-corrected chi connectivity index (χ4v) is 1.99. The van der Waals surface area contributed by atoms with E-state index in [9.17, 15) is 4.39 Å². The van der Waals surface area contributed by atoms with Gasteiger partial charge in [-0.3, -0.25) is 4.68 Å². The number of hydrogen-bond acceptors (Lipinski definition) is 2. The number of aromatic nitrogens is 2. The zero-order valence-corrected chi connectivity index (χ0v) is 10.7. The largest absolute Gasteiger partial charge is 0.306 e. The molecule has 18 heavy (non-hydrogen) atoms. The van der Waals surface area contributed by atoms with Crippen molar-refractivity contribution in [2.24, 2.45) is 0 Å². The summed E-state index contributed by atoms with van der Waals surface area (Å²) < 4.78 is 14.9. The molecule has 0 spiro atoms. The van der Waals surface area contributed by atoms with Gasteiger partial charge in [0, 0.05) is 18.3 Å². The number of nitrogens with zero attached hydrogens (tertiary/aromatic N) is 2. The molecule has 0 aliphatic heterocycles. The molecule has 1 heterocycles. The number of rotatable bonds is 5. The third-order valence-corrected chi connectivity index (χ3v) is 2.92. The van der Waals surface area contributed by atoms with Crippen molar-refractivity contribution in [2.75, 3.05) is 6.54 Å². The fourth-order valence-electron chi connectivity index (χ4n) is 1.99. The first-order valence-corrected chi connectivity index (χ1v) is 6.25. The first kappa shape index (κ1) is 12.8. The van der Waals surface area contributed by atoms with Gasteiger partial charge >= 0.3 is 0 Å². The van der Waals surface area contributed by atoms with E-state index < -0.39 is 0 Å². The molecule has 0 aliphatic carbocycles. The van der Waals surface area contributed by atoms with Gasteiger partial charge in [-0.05, 0) is 31.2 Å². The van der Waals surface area contributed by atoms with Crippen LogP contribution in [0.5, 0.6) is 0 Å². The van der Waals surface area contributed by atoms with Crippen molar-refractivity contribution in [3.63, 3.8) is 0 Å². The van der Waals surface area contributed by atoms with Crippen LogP contribution >= 0.6 is 0 Å². The average Bonchev–Trinajstić information content (AvgIpc) is 2.86. The number of benzene rings is 1. The van der Waals surface area contributed by atoms with Crippen molar-refractivity contribution in [3.05, 3.63) is 53.6 Å². The van der Waals surface area contributed by atoms with Gasteiger partial charge in [0.15, 0.2) is 0 Å². The van der Waals surface area contributed by atoms with E-state index in [1.54, 1.807) is 0 Å². The predicted molar refractivity (Wildman–Crippen MR) is 69.8 cm³/mol. The monoisotopic (exact) mass is 247 g/mol. The molecule has 3 nitrogen and oxygen atoms in total. The van der Waals surface area contributed by atoms with Gasteiger partial charge in [0.2, 0.25) is 0 Å². The summed E-state index contributed by atoms with van der Waals surface area (Å²) in [5.74, 6) is -0.210. The van der Waals surface area contributed by atoms with Crippen LogP contribution in [-0.4, -0.2) is 16.3 Å². The molecule has 1 unspecified atom stereocenters. The van der Waals surface area contributed by atoms with E-state index in [1.807, 2.05) is 29.2 Å². The Morgan fingerprint density at radius 3 is 2.50 bits per heavy atom. The molecule has 2 aromatic rings. The van der Waals surface area contributed by atoms with Gasteiger partial charge in [-0.25, -0.2) is 4.39 Å². The Morgan fingerprint density at radius 1 is 1.22 bits per heavy atom. The number of halogens is 1. The van der Waals surface area contributed by atoms with Crippen LogP contribution in [-0.2, 0) is 6.54 Å². The minimum Gasteiger partial charge on any atom is -0.306 e. The lowest BCUT2D eigenvalue weighted by Gasteiger charge is -2.16. The molecule has 0 aliphatic rings. The van der Waals surface area contributed by atoms with Crippen LogP contribution < -0.4 is 5.32 Å². The molecule has 1 atom stereocenters. The van der Waals surface area contributed by atoms with E-state index in [-0.39, 0.29) is 11.9 Å². The van der Waals surface area contributed by atoms with Crippen LogP contribution in [0.3, 0.4) is 0 Å². The standard InChI is InChI=1S/C14H18FN3/c1-3-16-14(11-5-7-13(15)8-6-11)12-9-17-18(4-2)10-12/h5-10,14,16H,3-4H2,1-2H3. The Balaban J connectivity index is 2.29. The third-order valence-electron chi connectivity index (χ3n) is 2.92. The first-order valence-electron chi connectivity index (χ1n) is 6.25. The summed E-state index contributed by atoms with van der Waals surface area (Å²) in [6.07, 6.45) is 3.89. The van der Waals surface area contributed by atoms with Crippen LogP contribution in [0.4, 0.5) is 4.39 Å². The Bertz CT molecular complexity index is 490. The van der Waals surface area contributed by atoms with E-state index in [4.69, 9.17) is 0 Å². The summed E-state index contributed by atoms with van der Waals surface area (Å²) in [5, 5.41) is 7.68.